The summed E-state index contributed by atoms with van der Waals surface area (Å²) in [6.45, 7) is 0.289. The summed E-state index contributed by atoms with van der Waals surface area (Å²) < 4.78 is 5.95. The Morgan fingerprint density at radius 3 is 2.28 bits per heavy atom. The third-order valence-electron chi connectivity index (χ3n) is 5.23. The fourth-order valence-corrected chi connectivity index (χ4v) is 4.09. The molecule has 6 nitrogen and oxygen atoms in total. The third-order valence-corrected chi connectivity index (χ3v) is 5.23. The first kappa shape index (κ1) is 14.5. The second-order valence-electron chi connectivity index (χ2n) is 6.55. The third kappa shape index (κ3) is 2.07. The second-order valence-corrected chi connectivity index (χ2v) is 6.55. The summed E-state index contributed by atoms with van der Waals surface area (Å²) in [5, 5.41) is 0. The SMILES string of the molecule is O=C1[C@@H]2[C@H](C(=O)N1Cc1ccncc1)[C@@H]1O[C@H]2C=C1c1ccncc1. The summed E-state index contributed by atoms with van der Waals surface area (Å²) >= 11 is 0. The van der Waals surface area contributed by atoms with Crippen LogP contribution in [0.25, 0.3) is 5.57 Å². The van der Waals surface area contributed by atoms with Gasteiger partial charge >= 0.3 is 0 Å². The maximum atomic E-state index is 12.9. The molecule has 6 heteroatoms. The van der Waals surface area contributed by atoms with Gasteiger partial charge in [0.05, 0.1) is 30.6 Å². The molecule has 2 bridgehead atoms. The van der Waals surface area contributed by atoms with E-state index < -0.39 is 11.8 Å². The summed E-state index contributed by atoms with van der Waals surface area (Å²) in [5.74, 6) is -1.10. The van der Waals surface area contributed by atoms with Crippen molar-refractivity contribution in [2.75, 3.05) is 0 Å². The molecule has 0 aliphatic carbocycles. The van der Waals surface area contributed by atoms with Crippen LogP contribution in [0.4, 0.5) is 0 Å². The van der Waals surface area contributed by atoms with Crippen molar-refractivity contribution in [1.29, 1.82) is 0 Å². The predicted molar refractivity (Wildman–Crippen MR) is 87.6 cm³/mol. The van der Waals surface area contributed by atoms with E-state index in [0.717, 1.165) is 16.7 Å². The predicted octanol–water partition coefficient (Wildman–Crippen LogP) is 1.44. The van der Waals surface area contributed by atoms with Gasteiger partial charge in [-0.1, -0.05) is 0 Å². The molecule has 2 aromatic heterocycles. The highest BCUT2D eigenvalue weighted by Crippen LogP contribution is 2.50. The molecule has 0 N–H and O–H groups in total. The highest BCUT2D eigenvalue weighted by Gasteiger charge is 2.62. The number of likely N-dealkylation sites (tertiary alicyclic amines) is 1. The van der Waals surface area contributed by atoms with Crippen molar-refractivity contribution in [2.24, 2.45) is 11.8 Å². The van der Waals surface area contributed by atoms with Crippen LogP contribution in [0.15, 0.2) is 55.1 Å². The molecule has 124 valence electrons. The Balaban J connectivity index is 1.45. The van der Waals surface area contributed by atoms with Crippen molar-refractivity contribution in [3.05, 3.63) is 66.3 Å². The molecule has 5 heterocycles. The molecular formula is C19H15N3O3. The number of fused-ring (bicyclic) bond motifs is 5. The van der Waals surface area contributed by atoms with Crippen molar-refractivity contribution in [2.45, 2.75) is 18.8 Å². The summed E-state index contributed by atoms with van der Waals surface area (Å²) in [6.07, 6.45) is 8.08. The van der Waals surface area contributed by atoms with Crippen molar-refractivity contribution in [3.8, 4) is 0 Å². The average molecular weight is 333 g/mol. The summed E-state index contributed by atoms with van der Waals surface area (Å²) in [7, 11) is 0. The van der Waals surface area contributed by atoms with Gasteiger partial charge < -0.3 is 4.74 Å². The summed E-state index contributed by atoms with van der Waals surface area (Å²) in [5.41, 5.74) is 2.88. The van der Waals surface area contributed by atoms with Crippen LogP contribution >= 0.6 is 0 Å². The molecule has 2 aromatic rings. The Labute approximate surface area is 144 Å². The molecule has 3 aliphatic heterocycles. The van der Waals surface area contributed by atoms with E-state index in [1.807, 2.05) is 30.3 Å². The van der Waals surface area contributed by atoms with Gasteiger partial charge in [-0.2, -0.15) is 0 Å². The number of aromatic nitrogens is 2. The number of hydrogen-bond acceptors (Lipinski definition) is 5. The van der Waals surface area contributed by atoms with Gasteiger partial charge in [-0.3, -0.25) is 24.5 Å². The van der Waals surface area contributed by atoms with Gasteiger partial charge in [-0.05, 0) is 47.0 Å². The van der Waals surface area contributed by atoms with Crippen LogP contribution in [0, 0.1) is 11.8 Å². The topological polar surface area (TPSA) is 72.4 Å². The molecule has 2 saturated heterocycles. The summed E-state index contributed by atoms with van der Waals surface area (Å²) in [6, 6.07) is 7.45. The molecule has 0 aromatic carbocycles. The van der Waals surface area contributed by atoms with Gasteiger partial charge in [0.25, 0.3) is 0 Å². The van der Waals surface area contributed by atoms with Crippen LogP contribution in [0.1, 0.15) is 11.1 Å². The number of ether oxygens (including phenoxy) is 1. The average Bonchev–Trinajstić information content (AvgIpc) is 3.31. The molecule has 25 heavy (non-hydrogen) atoms. The normalized spacial score (nSPS) is 29.9. The number of carbonyl (C=O) groups excluding carboxylic acids is 2. The van der Waals surface area contributed by atoms with Crippen LogP contribution in [-0.2, 0) is 20.9 Å². The lowest BCUT2D eigenvalue weighted by molar-refractivity contribution is -0.143. The van der Waals surface area contributed by atoms with Gasteiger partial charge in [0.2, 0.25) is 11.8 Å². The van der Waals surface area contributed by atoms with Gasteiger partial charge in [0.15, 0.2) is 0 Å². The van der Waals surface area contributed by atoms with Crippen molar-refractivity contribution >= 4 is 17.4 Å². The standard InChI is InChI=1S/C19H15N3O3/c23-18-15-14-9-13(12-3-7-21-8-4-12)17(25-14)16(15)19(24)22(18)10-11-1-5-20-6-2-11/h1-9,14-17H,10H2/t14-,15-,16-,17+/m0/s1. The maximum absolute atomic E-state index is 12.9. The minimum atomic E-state index is -0.424. The molecule has 0 saturated carbocycles. The fourth-order valence-electron chi connectivity index (χ4n) is 4.09. The van der Waals surface area contributed by atoms with E-state index in [9.17, 15) is 9.59 Å². The molecule has 5 rings (SSSR count). The summed E-state index contributed by atoms with van der Waals surface area (Å²) in [4.78, 5) is 35.1. The number of imide groups is 1. The molecule has 3 aliphatic rings. The smallest absolute Gasteiger partial charge is 0.236 e. The van der Waals surface area contributed by atoms with Gasteiger partial charge in [0.1, 0.15) is 0 Å². The van der Waals surface area contributed by atoms with E-state index in [4.69, 9.17) is 4.74 Å². The van der Waals surface area contributed by atoms with E-state index in [0.29, 0.717) is 0 Å². The zero-order valence-electron chi connectivity index (χ0n) is 13.3. The number of pyridine rings is 2. The molecular weight excluding hydrogens is 318 g/mol. The van der Waals surface area contributed by atoms with Crippen LogP contribution in [0.5, 0.6) is 0 Å². The lowest BCUT2D eigenvalue weighted by Crippen LogP contribution is -2.34. The van der Waals surface area contributed by atoms with Crippen molar-refractivity contribution in [3.63, 3.8) is 0 Å². The zero-order valence-corrected chi connectivity index (χ0v) is 13.3. The molecule has 4 atom stereocenters. The van der Waals surface area contributed by atoms with Gasteiger partial charge in [-0.25, -0.2) is 0 Å². The number of nitrogens with zero attached hydrogens (tertiary/aromatic N) is 3. The minimum Gasteiger partial charge on any atom is -0.364 e. The number of carbonyl (C=O) groups is 2. The highest BCUT2D eigenvalue weighted by atomic mass is 16.5. The molecule has 0 unspecified atom stereocenters. The van der Waals surface area contributed by atoms with Crippen molar-refractivity contribution < 1.29 is 14.3 Å². The van der Waals surface area contributed by atoms with Crippen LogP contribution < -0.4 is 0 Å². The van der Waals surface area contributed by atoms with Crippen LogP contribution in [0.3, 0.4) is 0 Å². The first-order valence-corrected chi connectivity index (χ1v) is 8.26. The maximum Gasteiger partial charge on any atom is 0.236 e. The van der Waals surface area contributed by atoms with Gasteiger partial charge in [0, 0.05) is 24.8 Å². The zero-order chi connectivity index (χ0) is 17.0. The Kier molecular flexibility index (Phi) is 3.08. The highest BCUT2D eigenvalue weighted by molar-refractivity contribution is 6.08. The number of rotatable bonds is 3. The van der Waals surface area contributed by atoms with Crippen LogP contribution in [0.2, 0.25) is 0 Å². The van der Waals surface area contributed by atoms with Gasteiger partial charge in [-0.15, -0.1) is 0 Å². The van der Waals surface area contributed by atoms with Crippen molar-refractivity contribution in [1.82, 2.24) is 14.9 Å². The monoisotopic (exact) mass is 333 g/mol. The molecule has 2 fully saturated rings. The molecule has 0 radical (unpaired) electrons. The van der Waals surface area contributed by atoms with E-state index in [1.165, 1.54) is 4.90 Å². The quantitative estimate of drug-likeness (QED) is 0.795. The number of hydrogen-bond donors (Lipinski definition) is 0. The van der Waals surface area contributed by atoms with E-state index in [2.05, 4.69) is 9.97 Å². The lowest BCUT2D eigenvalue weighted by atomic mass is 9.79. The second kappa shape index (κ2) is 5.32. The lowest BCUT2D eigenvalue weighted by Gasteiger charge is -2.19. The first-order valence-electron chi connectivity index (χ1n) is 8.26. The fraction of sp³-hybridized carbons (Fsp3) is 0.263. The van der Waals surface area contributed by atoms with E-state index >= 15 is 0 Å². The Bertz CT molecular complexity index is 881. The largest absolute Gasteiger partial charge is 0.364 e. The molecule has 0 spiro atoms. The Morgan fingerprint density at radius 2 is 1.56 bits per heavy atom. The number of amides is 2. The molecule has 2 amide bonds. The minimum absolute atomic E-state index is 0.135. The Morgan fingerprint density at radius 1 is 0.920 bits per heavy atom. The Hall–Kier alpha value is -2.86. The van der Waals surface area contributed by atoms with E-state index in [-0.39, 0.29) is 30.6 Å². The first-order chi connectivity index (χ1) is 12.2. The van der Waals surface area contributed by atoms with E-state index in [1.54, 1.807) is 24.8 Å². The van der Waals surface area contributed by atoms with Crippen LogP contribution in [-0.4, -0.2) is 38.9 Å².